The largest absolute Gasteiger partial charge is 0.508 e. The molecule has 0 saturated carbocycles. The fourth-order valence-electron chi connectivity index (χ4n) is 0.916. The molecule has 1 aromatic carbocycles. The average Bonchev–Trinajstić information content (AvgIpc) is 2.14. The fraction of sp³-hybridized carbons (Fsp3) is 0.111. The summed E-state index contributed by atoms with van der Waals surface area (Å²) in [5.74, 6) is -0.194. The van der Waals surface area contributed by atoms with Gasteiger partial charge in [0.05, 0.1) is 6.54 Å². The van der Waals surface area contributed by atoms with Crippen molar-refractivity contribution < 1.29 is 14.7 Å². The lowest BCUT2D eigenvalue weighted by Crippen LogP contribution is -2.21. The van der Waals surface area contributed by atoms with E-state index in [2.05, 4.69) is 5.32 Å². The van der Waals surface area contributed by atoms with E-state index in [0.717, 1.165) is 0 Å². The zero-order valence-electron chi connectivity index (χ0n) is 6.86. The smallest absolute Gasteiger partial charge is 0.207 e. The second kappa shape index (κ2) is 4.25. The first kappa shape index (κ1) is 9.25. The van der Waals surface area contributed by atoms with E-state index < -0.39 is 0 Å². The number of ketones is 1. The third-order valence-corrected chi connectivity index (χ3v) is 1.51. The molecular formula is C9H9NO3. The summed E-state index contributed by atoms with van der Waals surface area (Å²) >= 11 is 0. The number of carbonyl (C=O) groups excluding carboxylic acids is 2. The summed E-state index contributed by atoms with van der Waals surface area (Å²) in [6, 6.07) is 5.98. The quantitative estimate of drug-likeness (QED) is 0.516. The Morgan fingerprint density at radius 3 is 2.92 bits per heavy atom. The molecule has 0 radical (unpaired) electrons. The molecule has 0 aliphatic rings. The van der Waals surface area contributed by atoms with Crippen molar-refractivity contribution in [2.24, 2.45) is 0 Å². The monoisotopic (exact) mass is 179 g/mol. The number of carbonyl (C=O) groups is 2. The highest BCUT2D eigenvalue weighted by Gasteiger charge is 2.04. The van der Waals surface area contributed by atoms with Gasteiger partial charge in [-0.3, -0.25) is 9.59 Å². The van der Waals surface area contributed by atoms with Crippen molar-refractivity contribution in [2.45, 2.75) is 0 Å². The van der Waals surface area contributed by atoms with Gasteiger partial charge in [0, 0.05) is 5.56 Å². The van der Waals surface area contributed by atoms with Crippen LogP contribution in [0.25, 0.3) is 0 Å². The van der Waals surface area contributed by atoms with E-state index in [4.69, 9.17) is 5.11 Å². The molecule has 0 bridgehead atoms. The highest BCUT2D eigenvalue weighted by Crippen LogP contribution is 2.10. The van der Waals surface area contributed by atoms with Crippen LogP contribution in [0.1, 0.15) is 10.4 Å². The summed E-state index contributed by atoms with van der Waals surface area (Å²) in [5, 5.41) is 11.3. The molecule has 0 aliphatic heterocycles. The minimum atomic E-state index is -0.233. The predicted molar refractivity (Wildman–Crippen MR) is 46.5 cm³/mol. The summed E-state index contributed by atoms with van der Waals surface area (Å²) in [6.45, 7) is -0.0487. The van der Waals surface area contributed by atoms with Gasteiger partial charge in [-0.25, -0.2) is 0 Å². The maximum atomic E-state index is 11.2. The highest BCUT2D eigenvalue weighted by atomic mass is 16.3. The lowest BCUT2D eigenvalue weighted by Gasteiger charge is -1.99. The Morgan fingerprint density at radius 2 is 2.31 bits per heavy atom. The van der Waals surface area contributed by atoms with Crippen molar-refractivity contribution in [3.63, 3.8) is 0 Å². The molecule has 4 nitrogen and oxygen atoms in total. The average molecular weight is 179 g/mol. The van der Waals surface area contributed by atoms with E-state index in [1.165, 1.54) is 12.1 Å². The van der Waals surface area contributed by atoms with E-state index >= 15 is 0 Å². The molecule has 0 aliphatic carbocycles. The number of hydrogen-bond donors (Lipinski definition) is 2. The molecule has 0 atom stereocenters. The van der Waals surface area contributed by atoms with Crippen molar-refractivity contribution in [3.8, 4) is 5.75 Å². The zero-order valence-corrected chi connectivity index (χ0v) is 6.86. The summed E-state index contributed by atoms with van der Waals surface area (Å²) in [5.41, 5.74) is 0.384. The number of rotatable bonds is 4. The van der Waals surface area contributed by atoms with E-state index in [0.29, 0.717) is 12.0 Å². The number of aromatic hydroxyl groups is 1. The number of amides is 1. The van der Waals surface area contributed by atoms with Crippen molar-refractivity contribution >= 4 is 12.2 Å². The van der Waals surface area contributed by atoms with Crippen LogP contribution in [-0.2, 0) is 4.79 Å². The van der Waals surface area contributed by atoms with Crippen LogP contribution in [0.4, 0.5) is 0 Å². The fourth-order valence-corrected chi connectivity index (χ4v) is 0.916. The Labute approximate surface area is 75.2 Å². The summed E-state index contributed by atoms with van der Waals surface area (Å²) in [6.07, 6.45) is 0.459. The minimum Gasteiger partial charge on any atom is -0.508 e. The van der Waals surface area contributed by atoms with Crippen LogP contribution in [0.5, 0.6) is 5.75 Å². The van der Waals surface area contributed by atoms with Gasteiger partial charge in [-0.05, 0) is 12.1 Å². The SMILES string of the molecule is O=CNCC(=O)c1cccc(O)c1. The van der Waals surface area contributed by atoms with Crippen LogP contribution in [0.15, 0.2) is 24.3 Å². The Kier molecular flexibility index (Phi) is 3.03. The molecule has 0 heterocycles. The minimum absolute atomic E-state index is 0.0388. The lowest BCUT2D eigenvalue weighted by atomic mass is 10.1. The number of benzene rings is 1. The van der Waals surface area contributed by atoms with Gasteiger partial charge in [0.2, 0.25) is 6.41 Å². The Hall–Kier alpha value is -1.84. The standard InChI is InChI=1S/C9H9NO3/c11-6-10-5-9(13)7-2-1-3-8(12)4-7/h1-4,6,12H,5H2,(H,10,11). The van der Waals surface area contributed by atoms with Crippen molar-refractivity contribution in [1.82, 2.24) is 5.32 Å². The number of hydrogen-bond acceptors (Lipinski definition) is 3. The molecule has 13 heavy (non-hydrogen) atoms. The van der Waals surface area contributed by atoms with Gasteiger partial charge >= 0.3 is 0 Å². The van der Waals surface area contributed by atoms with Gasteiger partial charge < -0.3 is 10.4 Å². The lowest BCUT2D eigenvalue weighted by molar-refractivity contribution is -0.109. The number of phenolic OH excluding ortho intramolecular Hbond substituents is 1. The highest BCUT2D eigenvalue weighted by molar-refractivity contribution is 5.98. The van der Waals surface area contributed by atoms with Crippen molar-refractivity contribution in [2.75, 3.05) is 6.54 Å². The Bertz CT molecular complexity index is 322. The van der Waals surface area contributed by atoms with Gasteiger partial charge in [0.1, 0.15) is 5.75 Å². The topological polar surface area (TPSA) is 66.4 Å². The molecular weight excluding hydrogens is 170 g/mol. The van der Waals surface area contributed by atoms with E-state index in [1.54, 1.807) is 12.1 Å². The third-order valence-electron chi connectivity index (χ3n) is 1.51. The molecule has 68 valence electrons. The molecule has 1 amide bonds. The third kappa shape index (κ3) is 2.59. The van der Waals surface area contributed by atoms with Gasteiger partial charge in [0.25, 0.3) is 0 Å². The predicted octanol–water partition coefficient (Wildman–Crippen LogP) is 0.321. The molecule has 0 fully saturated rings. The van der Waals surface area contributed by atoms with Crippen molar-refractivity contribution in [3.05, 3.63) is 29.8 Å². The van der Waals surface area contributed by atoms with Gasteiger partial charge in [-0.15, -0.1) is 0 Å². The van der Waals surface area contributed by atoms with Crippen LogP contribution in [-0.4, -0.2) is 23.8 Å². The zero-order chi connectivity index (χ0) is 9.68. The van der Waals surface area contributed by atoms with E-state index in [-0.39, 0.29) is 18.1 Å². The number of phenols is 1. The van der Waals surface area contributed by atoms with Gasteiger partial charge in [0.15, 0.2) is 5.78 Å². The van der Waals surface area contributed by atoms with E-state index in [9.17, 15) is 9.59 Å². The van der Waals surface area contributed by atoms with Crippen molar-refractivity contribution in [1.29, 1.82) is 0 Å². The Morgan fingerprint density at radius 1 is 1.54 bits per heavy atom. The summed E-state index contributed by atoms with van der Waals surface area (Å²) in [4.78, 5) is 21.1. The molecule has 0 aromatic heterocycles. The molecule has 0 spiro atoms. The van der Waals surface area contributed by atoms with Gasteiger partial charge in [-0.2, -0.15) is 0 Å². The first-order valence-electron chi connectivity index (χ1n) is 3.73. The second-order valence-electron chi connectivity index (χ2n) is 2.47. The molecule has 2 N–H and O–H groups in total. The maximum Gasteiger partial charge on any atom is 0.207 e. The van der Waals surface area contributed by atoms with Crippen LogP contribution >= 0.6 is 0 Å². The normalized spacial score (nSPS) is 9.23. The second-order valence-corrected chi connectivity index (χ2v) is 2.47. The molecule has 0 unspecified atom stereocenters. The molecule has 1 aromatic rings. The first-order valence-corrected chi connectivity index (χ1v) is 3.73. The number of nitrogens with one attached hydrogen (secondary N) is 1. The van der Waals surface area contributed by atoms with Crippen LogP contribution in [0.2, 0.25) is 0 Å². The van der Waals surface area contributed by atoms with Crippen LogP contribution < -0.4 is 5.32 Å². The molecule has 1 rings (SSSR count). The first-order chi connectivity index (χ1) is 6.24. The Balaban J connectivity index is 2.71. The molecule has 4 heteroatoms. The summed E-state index contributed by atoms with van der Waals surface area (Å²) in [7, 11) is 0. The maximum absolute atomic E-state index is 11.2. The van der Waals surface area contributed by atoms with Crippen LogP contribution in [0, 0.1) is 0 Å². The van der Waals surface area contributed by atoms with E-state index in [1.807, 2.05) is 0 Å². The number of Topliss-reactive ketones (excluding diaryl/α,β-unsaturated/α-hetero) is 1. The van der Waals surface area contributed by atoms with Gasteiger partial charge in [-0.1, -0.05) is 12.1 Å². The molecule has 0 saturated heterocycles. The van der Waals surface area contributed by atoms with Crippen LogP contribution in [0.3, 0.4) is 0 Å². The summed E-state index contributed by atoms with van der Waals surface area (Å²) < 4.78 is 0.